The molecule has 1 N–H and O–H groups in total. The molecule has 130 valence electrons. The Morgan fingerprint density at radius 2 is 1.70 bits per heavy atom. The number of ether oxygens (including phenoxy) is 2. The van der Waals surface area contributed by atoms with Gasteiger partial charge >= 0.3 is 6.18 Å². The number of nitrogens with one attached hydrogen (secondary N) is 1. The van der Waals surface area contributed by atoms with Gasteiger partial charge in [0.15, 0.2) is 0 Å². The second kappa shape index (κ2) is 7.88. The molecule has 23 heavy (non-hydrogen) atoms. The molecular weight excluding hydrogens is 309 g/mol. The average Bonchev–Trinajstić information content (AvgIpc) is 2.55. The van der Waals surface area contributed by atoms with Crippen LogP contribution in [0.15, 0.2) is 18.2 Å². The van der Waals surface area contributed by atoms with E-state index in [0.29, 0.717) is 30.2 Å². The van der Waals surface area contributed by atoms with Crippen molar-refractivity contribution in [2.75, 3.05) is 40.4 Å². The van der Waals surface area contributed by atoms with Crippen LogP contribution in [0, 0.1) is 0 Å². The Morgan fingerprint density at radius 1 is 1.13 bits per heavy atom. The quantitative estimate of drug-likeness (QED) is 0.868. The number of hydrogen-bond donors (Lipinski definition) is 1. The maximum atomic E-state index is 12.8. The molecule has 2 rings (SSSR count). The van der Waals surface area contributed by atoms with Crippen molar-refractivity contribution >= 4 is 0 Å². The van der Waals surface area contributed by atoms with Gasteiger partial charge in [-0.15, -0.1) is 0 Å². The van der Waals surface area contributed by atoms with E-state index in [0.717, 1.165) is 13.1 Å². The number of halogens is 3. The van der Waals surface area contributed by atoms with Crippen LogP contribution in [0.1, 0.15) is 24.4 Å². The van der Waals surface area contributed by atoms with Gasteiger partial charge in [-0.05, 0) is 18.6 Å². The van der Waals surface area contributed by atoms with E-state index in [-0.39, 0.29) is 12.5 Å². The molecule has 0 unspecified atom stereocenters. The van der Waals surface area contributed by atoms with Crippen molar-refractivity contribution in [2.45, 2.75) is 25.1 Å². The monoisotopic (exact) mass is 332 g/mol. The molecule has 7 heteroatoms. The Balaban J connectivity index is 2.35. The van der Waals surface area contributed by atoms with Crippen molar-refractivity contribution in [1.29, 1.82) is 0 Å². The Kier molecular flexibility index (Phi) is 6.12. The van der Waals surface area contributed by atoms with Gasteiger partial charge in [0.1, 0.15) is 11.5 Å². The van der Waals surface area contributed by atoms with Crippen LogP contribution in [0.5, 0.6) is 11.5 Å². The lowest BCUT2D eigenvalue weighted by molar-refractivity contribution is -0.138. The molecule has 4 nitrogen and oxygen atoms in total. The summed E-state index contributed by atoms with van der Waals surface area (Å²) in [4.78, 5) is 2.07. The molecule has 0 radical (unpaired) electrons. The summed E-state index contributed by atoms with van der Waals surface area (Å²) < 4.78 is 49.1. The first kappa shape index (κ1) is 17.9. The Bertz CT molecular complexity index is 480. The molecule has 0 aromatic heterocycles. The molecule has 1 atom stereocenters. The van der Waals surface area contributed by atoms with E-state index in [1.165, 1.54) is 14.2 Å². The fraction of sp³-hybridized carbons (Fsp3) is 0.625. The van der Waals surface area contributed by atoms with E-state index in [1.807, 2.05) is 0 Å². The number of alkyl halides is 3. The summed E-state index contributed by atoms with van der Waals surface area (Å²) in [5, 5.41) is 3.22. The summed E-state index contributed by atoms with van der Waals surface area (Å²) in [5.41, 5.74) is 0.698. The largest absolute Gasteiger partial charge is 0.496 e. The lowest BCUT2D eigenvalue weighted by Gasteiger charge is -2.36. The highest BCUT2D eigenvalue weighted by Gasteiger charge is 2.33. The first-order valence-corrected chi connectivity index (χ1v) is 7.68. The summed E-state index contributed by atoms with van der Waals surface area (Å²) >= 11 is 0. The Hall–Kier alpha value is -1.47. The van der Waals surface area contributed by atoms with Crippen molar-refractivity contribution in [2.24, 2.45) is 0 Å². The Labute approximate surface area is 134 Å². The maximum absolute atomic E-state index is 12.8. The minimum absolute atomic E-state index is 0.0137. The van der Waals surface area contributed by atoms with Gasteiger partial charge in [0.05, 0.1) is 19.8 Å². The minimum atomic E-state index is -4.18. The van der Waals surface area contributed by atoms with Gasteiger partial charge in [0.25, 0.3) is 0 Å². The van der Waals surface area contributed by atoms with Crippen LogP contribution in [-0.2, 0) is 0 Å². The molecule has 0 bridgehead atoms. The molecule has 0 spiro atoms. The van der Waals surface area contributed by atoms with Gasteiger partial charge in [0.2, 0.25) is 0 Å². The van der Waals surface area contributed by atoms with E-state index in [1.54, 1.807) is 18.2 Å². The molecule has 0 aliphatic carbocycles. The number of methoxy groups -OCH3 is 2. The smallest absolute Gasteiger partial charge is 0.389 e. The second-order valence-corrected chi connectivity index (χ2v) is 5.53. The third kappa shape index (κ3) is 4.75. The summed E-state index contributed by atoms with van der Waals surface area (Å²) in [6.45, 7) is 2.92. The van der Waals surface area contributed by atoms with Gasteiger partial charge in [-0.25, -0.2) is 0 Å². The maximum Gasteiger partial charge on any atom is 0.389 e. The fourth-order valence-corrected chi connectivity index (χ4v) is 3.01. The number of piperazine rings is 1. The molecule has 0 amide bonds. The second-order valence-electron chi connectivity index (χ2n) is 5.53. The van der Waals surface area contributed by atoms with Crippen LogP contribution < -0.4 is 14.8 Å². The fourth-order valence-electron chi connectivity index (χ4n) is 3.01. The topological polar surface area (TPSA) is 33.7 Å². The summed E-state index contributed by atoms with van der Waals surface area (Å²) in [6, 6.07) is 4.92. The van der Waals surface area contributed by atoms with Gasteiger partial charge in [-0.1, -0.05) is 6.07 Å². The van der Waals surface area contributed by atoms with Crippen molar-refractivity contribution in [1.82, 2.24) is 10.2 Å². The van der Waals surface area contributed by atoms with Gasteiger partial charge in [0, 0.05) is 38.6 Å². The number of rotatable bonds is 6. The van der Waals surface area contributed by atoms with Gasteiger partial charge in [-0.2, -0.15) is 13.2 Å². The van der Waals surface area contributed by atoms with E-state index >= 15 is 0 Å². The molecule has 1 heterocycles. The first-order chi connectivity index (χ1) is 11.0. The van der Waals surface area contributed by atoms with Crippen molar-refractivity contribution < 1.29 is 22.6 Å². The van der Waals surface area contributed by atoms with Crippen LogP contribution in [0.2, 0.25) is 0 Å². The predicted molar refractivity (Wildman–Crippen MR) is 82.0 cm³/mol. The molecule has 1 aromatic rings. The molecule has 0 saturated carbocycles. The summed E-state index contributed by atoms with van der Waals surface area (Å²) in [6.07, 6.45) is -5.02. The van der Waals surface area contributed by atoms with Crippen molar-refractivity contribution in [3.8, 4) is 11.5 Å². The highest BCUT2D eigenvalue weighted by Crippen LogP contribution is 2.41. The summed E-state index contributed by atoms with van der Waals surface area (Å²) in [7, 11) is 3.05. The third-order valence-corrected chi connectivity index (χ3v) is 4.09. The normalized spacial score (nSPS) is 17.8. The van der Waals surface area contributed by atoms with Crippen LogP contribution in [-0.4, -0.2) is 51.5 Å². The van der Waals surface area contributed by atoms with Crippen molar-refractivity contribution in [3.05, 3.63) is 23.8 Å². The molecule has 1 aromatic carbocycles. The molecule has 1 aliphatic heterocycles. The predicted octanol–water partition coefficient (Wildman–Crippen LogP) is 2.99. The van der Waals surface area contributed by atoms with Gasteiger partial charge < -0.3 is 14.8 Å². The number of hydrogen-bond acceptors (Lipinski definition) is 4. The third-order valence-electron chi connectivity index (χ3n) is 4.09. The zero-order valence-electron chi connectivity index (χ0n) is 13.4. The Morgan fingerprint density at radius 3 is 2.17 bits per heavy atom. The van der Waals surface area contributed by atoms with Crippen LogP contribution in [0.25, 0.3) is 0 Å². The van der Waals surface area contributed by atoms with E-state index < -0.39 is 12.6 Å². The van der Waals surface area contributed by atoms with Crippen molar-refractivity contribution in [3.63, 3.8) is 0 Å². The van der Waals surface area contributed by atoms with E-state index in [2.05, 4.69) is 10.2 Å². The minimum Gasteiger partial charge on any atom is -0.496 e. The summed E-state index contributed by atoms with van der Waals surface area (Å²) in [5.74, 6) is 1.13. The highest BCUT2D eigenvalue weighted by molar-refractivity contribution is 5.47. The zero-order valence-corrected chi connectivity index (χ0v) is 13.4. The SMILES string of the molecule is COc1cccc(OC)c1[C@@H](CCC(F)(F)F)N1CCNCC1. The average molecular weight is 332 g/mol. The van der Waals surface area contributed by atoms with Crippen LogP contribution in [0.4, 0.5) is 13.2 Å². The number of benzene rings is 1. The molecule has 1 saturated heterocycles. The lowest BCUT2D eigenvalue weighted by atomic mass is 9.97. The first-order valence-electron chi connectivity index (χ1n) is 7.68. The molecule has 1 fully saturated rings. The highest BCUT2D eigenvalue weighted by atomic mass is 19.4. The van der Waals surface area contributed by atoms with Crippen LogP contribution >= 0.6 is 0 Å². The van der Waals surface area contributed by atoms with E-state index in [9.17, 15) is 13.2 Å². The molecule has 1 aliphatic rings. The lowest BCUT2D eigenvalue weighted by Crippen LogP contribution is -2.45. The number of nitrogens with zero attached hydrogens (tertiary/aromatic N) is 1. The van der Waals surface area contributed by atoms with Crippen LogP contribution in [0.3, 0.4) is 0 Å². The van der Waals surface area contributed by atoms with Gasteiger partial charge in [-0.3, -0.25) is 4.90 Å². The zero-order chi connectivity index (χ0) is 16.9. The standard InChI is InChI=1S/C16H23F3N2O2/c1-22-13-4-3-5-14(23-2)15(13)12(6-7-16(17,18)19)21-10-8-20-9-11-21/h3-5,12,20H,6-11H2,1-2H3/t12-/m1/s1. The molecular formula is C16H23F3N2O2. The van der Waals surface area contributed by atoms with E-state index in [4.69, 9.17) is 9.47 Å².